The van der Waals surface area contributed by atoms with E-state index in [1.165, 1.54) is 6.20 Å². The van der Waals surface area contributed by atoms with Crippen molar-refractivity contribution in [3.63, 3.8) is 0 Å². The van der Waals surface area contributed by atoms with Gasteiger partial charge in [0, 0.05) is 11.5 Å². The van der Waals surface area contributed by atoms with Crippen molar-refractivity contribution >= 4 is 22.4 Å². The first kappa shape index (κ1) is 10.2. The first-order valence-electron chi connectivity index (χ1n) is 3.51. The lowest BCUT2D eigenvalue weighted by atomic mass is 10.5. The van der Waals surface area contributed by atoms with E-state index in [1.54, 1.807) is 12.2 Å². The zero-order chi connectivity index (χ0) is 10.4. The normalized spacial score (nSPS) is 10.0. The van der Waals surface area contributed by atoms with Gasteiger partial charge in [-0.1, -0.05) is 11.2 Å². The summed E-state index contributed by atoms with van der Waals surface area (Å²) in [6.07, 6.45) is 4.35. The van der Waals surface area contributed by atoms with E-state index in [0.29, 0.717) is 5.01 Å². The van der Waals surface area contributed by atoms with E-state index in [0.717, 1.165) is 11.3 Å². The van der Waals surface area contributed by atoms with Gasteiger partial charge in [0.05, 0.1) is 4.92 Å². The second-order valence-electron chi connectivity index (χ2n) is 2.11. The molecular formula is C6H5N5O2S. The first-order valence-corrected chi connectivity index (χ1v) is 4.33. The number of hydrogen-bond acceptors (Lipinski definition) is 5. The quantitative estimate of drug-likeness (QED) is 0.251. The van der Waals surface area contributed by atoms with Gasteiger partial charge < -0.3 is 0 Å². The summed E-state index contributed by atoms with van der Waals surface area (Å²) in [6.45, 7) is 0.212. The second-order valence-corrected chi connectivity index (χ2v) is 3.15. The molecule has 7 nitrogen and oxygen atoms in total. The maximum Gasteiger partial charge on any atom is 0.344 e. The van der Waals surface area contributed by atoms with Crippen LogP contribution in [0.25, 0.3) is 16.5 Å². The molecule has 72 valence electrons. The van der Waals surface area contributed by atoms with Crippen LogP contribution >= 0.6 is 11.3 Å². The third-order valence-electron chi connectivity index (χ3n) is 1.20. The summed E-state index contributed by atoms with van der Waals surface area (Å²) in [5.41, 5.74) is 7.96. The van der Waals surface area contributed by atoms with Crippen LogP contribution in [0.5, 0.6) is 0 Å². The van der Waals surface area contributed by atoms with Crippen LogP contribution in [0.2, 0.25) is 0 Å². The number of azide groups is 1. The average Bonchev–Trinajstić information content (AvgIpc) is 2.61. The molecule has 0 aliphatic heterocycles. The molecule has 0 fully saturated rings. The van der Waals surface area contributed by atoms with Gasteiger partial charge in [-0.05, 0) is 22.9 Å². The molecule has 0 bridgehead atoms. The highest BCUT2D eigenvalue weighted by molar-refractivity contribution is 7.15. The summed E-state index contributed by atoms with van der Waals surface area (Å²) in [7, 11) is 0. The Hall–Kier alpha value is -1.92. The molecule has 1 rings (SSSR count). The van der Waals surface area contributed by atoms with Crippen molar-refractivity contribution in [3.05, 3.63) is 37.8 Å². The second kappa shape index (κ2) is 4.95. The number of thiazole rings is 1. The number of nitro groups is 1. The fourth-order valence-electron chi connectivity index (χ4n) is 0.677. The highest BCUT2D eigenvalue weighted by Crippen LogP contribution is 2.21. The molecule has 0 aliphatic rings. The molecule has 1 aromatic rings. The number of aromatic nitrogens is 1. The van der Waals surface area contributed by atoms with Gasteiger partial charge in [0.15, 0.2) is 0 Å². The van der Waals surface area contributed by atoms with Gasteiger partial charge in [-0.25, -0.2) is 4.98 Å². The van der Waals surface area contributed by atoms with Crippen LogP contribution in [0.3, 0.4) is 0 Å². The van der Waals surface area contributed by atoms with Gasteiger partial charge in [0.1, 0.15) is 11.2 Å². The van der Waals surface area contributed by atoms with Crippen LogP contribution in [0, 0.1) is 10.1 Å². The number of nitrogens with zero attached hydrogens (tertiary/aromatic N) is 5. The van der Waals surface area contributed by atoms with Crippen molar-refractivity contribution in [2.75, 3.05) is 6.54 Å². The smallest absolute Gasteiger partial charge is 0.257 e. The molecule has 0 radical (unpaired) electrons. The van der Waals surface area contributed by atoms with Crippen LogP contribution in [0.4, 0.5) is 5.00 Å². The monoisotopic (exact) mass is 211 g/mol. The lowest BCUT2D eigenvalue weighted by molar-refractivity contribution is -0.380. The minimum Gasteiger partial charge on any atom is -0.257 e. The molecule has 0 unspecified atom stereocenters. The Balaban J connectivity index is 2.63. The van der Waals surface area contributed by atoms with E-state index in [-0.39, 0.29) is 11.5 Å². The third kappa shape index (κ3) is 2.85. The fraction of sp³-hybridized carbons (Fsp3) is 0.167. The van der Waals surface area contributed by atoms with Crippen LogP contribution in [0.15, 0.2) is 17.4 Å². The minimum absolute atomic E-state index is 0.00608. The molecule has 0 spiro atoms. The van der Waals surface area contributed by atoms with Gasteiger partial charge in [-0.2, -0.15) is 0 Å². The molecule has 0 saturated heterocycles. The zero-order valence-electron chi connectivity index (χ0n) is 6.90. The summed E-state index contributed by atoms with van der Waals surface area (Å²) < 4.78 is 0. The van der Waals surface area contributed by atoms with Crippen LogP contribution in [-0.4, -0.2) is 16.5 Å². The van der Waals surface area contributed by atoms with E-state index in [4.69, 9.17) is 5.53 Å². The Morgan fingerprint density at radius 3 is 3.21 bits per heavy atom. The lowest BCUT2D eigenvalue weighted by Crippen LogP contribution is -1.80. The lowest BCUT2D eigenvalue weighted by Gasteiger charge is -1.79. The summed E-state index contributed by atoms with van der Waals surface area (Å²) in [4.78, 5) is 16.1. The highest BCUT2D eigenvalue weighted by Gasteiger charge is 2.08. The molecule has 0 amide bonds. The summed E-state index contributed by atoms with van der Waals surface area (Å²) in [5.74, 6) is 0. The van der Waals surface area contributed by atoms with Crippen LogP contribution < -0.4 is 0 Å². The zero-order valence-corrected chi connectivity index (χ0v) is 7.72. The van der Waals surface area contributed by atoms with Crippen molar-refractivity contribution in [2.24, 2.45) is 5.11 Å². The molecule has 14 heavy (non-hydrogen) atoms. The van der Waals surface area contributed by atoms with E-state index in [9.17, 15) is 10.1 Å². The average molecular weight is 211 g/mol. The maximum absolute atomic E-state index is 10.3. The molecule has 8 heteroatoms. The number of hydrogen-bond donors (Lipinski definition) is 0. The van der Waals surface area contributed by atoms with E-state index < -0.39 is 4.92 Å². The topological polar surface area (TPSA) is 105 Å². The Bertz CT molecular complexity index is 406. The van der Waals surface area contributed by atoms with E-state index >= 15 is 0 Å². The highest BCUT2D eigenvalue weighted by atomic mass is 32.1. The Labute approximate surface area is 82.5 Å². The molecule has 0 atom stereocenters. The van der Waals surface area contributed by atoms with Crippen molar-refractivity contribution in [1.29, 1.82) is 0 Å². The van der Waals surface area contributed by atoms with Crippen molar-refractivity contribution < 1.29 is 4.92 Å². The third-order valence-corrected chi connectivity index (χ3v) is 2.12. The van der Waals surface area contributed by atoms with Crippen molar-refractivity contribution in [2.45, 2.75) is 0 Å². The van der Waals surface area contributed by atoms with Gasteiger partial charge in [0.25, 0.3) is 0 Å². The summed E-state index contributed by atoms with van der Waals surface area (Å²) in [5, 5.41) is 14.1. The maximum atomic E-state index is 10.3. The summed E-state index contributed by atoms with van der Waals surface area (Å²) >= 11 is 0.967. The fourth-order valence-corrected chi connectivity index (χ4v) is 1.34. The Morgan fingerprint density at radius 2 is 2.64 bits per heavy atom. The van der Waals surface area contributed by atoms with E-state index in [1.807, 2.05) is 0 Å². The molecule has 1 aromatic heterocycles. The van der Waals surface area contributed by atoms with Crippen molar-refractivity contribution in [3.8, 4) is 0 Å². The van der Waals surface area contributed by atoms with Gasteiger partial charge in [-0.15, -0.1) is 0 Å². The Kier molecular flexibility index (Phi) is 3.59. The van der Waals surface area contributed by atoms with E-state index in [2.05, 4.69) is 15.0 Å². The molecule has 0 N–H and O–H groups in total. The van der Waals surface area contributed by atoms with Gasteiger partial charge >= 0.3 is 5.00 Å². The standard InChI is InChI=1S/C6H5N5O2S/c7-10-9-3-1-2-5-8-4-6(14-5)11(12)13/h1-2,4H,3H2. The van der Waals surface area contributed by atoms with Gasteiger partial charge in [-0.3, -0.25) is 10.1 Å². The molecule has 0 saturated carbocycles. The molecule has 1 heterocycles. The molecule has 0 aliphatic carbocycles. The largest absolute Gasteiger partial charge is 0.344 e. The van der Waals surface area contributed by atoms with Crippen LogP contribution in [0.1, 0.15) is 5.01 Å². The Morgan fingerprint density at radius 1 is 1.86 bits per heavy atom. The minimum atomic E-state index is -0.498. The number of rotatable bonds is 4. The predicted molar refractivity (Wildman–Crippen MR) is 51.8 cm³/mol. The van der Waals surface area contributed by atoms with Gasteiger partial charge in [0.2, 0.25) is 0 Å². The molecule has 0 aromatic carbocycles. The van der Waals surface area contributed by atoms with Crippen LogP contribution in [-0.2, 0) is 0 Å². The molecular weight excluding hydrogens is 206 g/mol. The summed E-state index contributed by atoms with van der Waals surface area (Å²) in [6, 6.07) is 0. The first-order chi connectivity index (χ1) is 6.74. The predicted octanol–water partition coefficient (Wildman–Crippen LogP) is 2.37. The SMILES string of the molecule is [N-]=[N+]=NCC=Cc1ncc([N+](=O)[O-])s1. The van der Waals surface area contributed by atoms with Crippen molar-refractivity contribution in [1.82, 2.24) is 4.98 Å².